The fraction of sp³-hybridized carbons (Fsp3) is 0.312. The normalized spacial score (nSPS) is 9.89. The fourth-order valence-corrected chi connectivity index (χ4v) is 1.82. The number of aryl methyl sites for hydroxylation is 1. The molecular formula is C16H20ClNO. The average Bonchev–Trinajstić information content (AvgIpc) is 2.45. The highest BCUT2D eigenvalue weighted by Gasteiger charge is 1.95. The smallest absolute Gasteiger partial charge is 0.0716 e. The van der Waals surface area contributed by atoms with Crippen LogP contribution in [-0.4, -0.2) is 11.6 Å². The van der Waals surface area contributed by atoms with E-state index in [0.29, 0.717) is 6.61 Å². The van der Waals surface area contributed by atoms with Crippen molar-refractivity contribution in [3.8, 4) is 0 Å². The molecule has 0 radical (unpaired) electrons. The van der Waals surface area contributed by atoms with E-state index in [4.69, 9.17) is 4.74 Å². The van der Waals surface area contributed by atoms with Gasteiger partial charge in [-0.15, -0.1) is 12.4 Å². The van der Waals surface area contributed by atoms with Crippen molar-refractivity contribution in [2.24, 2.45) is 0 Å². The maximum absolute atomic E-state index is 5.64. The van der Waals surface area contributed by atoms with Crippen molar-refractivity contribution in [3.05, 3.63) is 66.0 Å². The van der Waals surface area contributed by atoms with E-state index in [1.807, 2.05) is 36.5 Å². The van der Waals surface area contributed by atoms with Crippen molar-refractivity contribution in [2.75, 3.05) is 6.61 Å². The van der Waals surface area contributed by atoms with Crippen molar-refractivity contribution < 1.29 is 4.74 Å². The van der Waals surface area contributed by atoms with Crippen LogP contribution in [-0.2, 0) is 17.8 Å². The summed E-state index contributed by atoms with van der Waals surface area (Å²) in [5.41, 5.74) is 2.41. The standard InChI is InChI=1S/C16H19NO.ClH/c1-2-8-15(9-3-1)14-18-13-7-5-11-16-10-4-6-12-17-16;/h1-4,6,8-10,12H,5,7,11,13-14H2;1H. The van der Waals surface area contributed by atoms with Gasteiger partial charge < -0.3 is 4.74 Å². The van der Waals surface area contributed by atoms with Crippen LogP contribution in [0.5, 0.6) is 0 Å². The molecule has 0 aliphatic rings. The molecule has 1 heterocycles. The first kappa shape index (κ1) is 15.7. The molecule has 0 bridgehead atoms. The van der Waals surface area contributed by atoms with Crippen molar-refractivity contribution in [1.82, 2.24) is 4.98 Å². The van der Waals surface area contributed by atoms with Gasteiger partial charge in [-0.1, -0.05) is 36.4 Å². The second kappa shape index (κ2) is 9.54. The molecule has 0 aliphatic carbocycles. The Hall–Kier alpha value is -1.38. The lowest BCUT2D eigenvalue weighted by Gasteiger charge is -2.04. The van der Waals surface area contributed by atoms with Gasteiger partial charge in [0.2, 0.25) is 0 Å². The predicted molar refractivity (Wildman–Crippen MR) is 80.5 cm³/mol. The predicted octanol–water partition coefficient (Wildman–Crippen LogP) is 4.04. The highest BCUT2D eigenvalue weighted by molar-refractivity contribution is 5.85. The molecule has 2 rings (SSSR count). The van der Waals surface area contributed by atoms with E-state index in [2.05, 4.69) is 23.2 Å². The first-order valence-corrected chi connectivity index (χ1v) is 6.47. The molecule has 1 aromatic carbocycles. The SMILES string of the molecule is Cl.c1ccc(COCCCCc2ccccn2)cc1. The Kier molecular flexibility index (Phi) is 7.87. The number of benzene rings is 1. The van der Waals surface area contributed by atoms with Gasteiger partial charge in [-0.2, -0.15) is 0 Å². The van der Waals surface area contributed by atoms with Gasteiger partial charge in [-0.25, -0.2) is 0 Å². The van der Waals surface area contributed by atoms with Gasteiger partial charge in [0.1, 0.15) is 0 Å². The molecule has 0 N–H and O–H groups in total. The molecule has 0 saturated heterocycles. The summed E-state index contributed by atoms with van der Waals surface area (Å²) in [6.45, 7) is 1.53. The largest absolute Gasteiger partial charge is 0.377 e. The van der Waals surface area contributed by atoms with E-state index in [-0.39, 0.29) is 12.4 Å². The lowest BCUT2D eigenvalue weighted by atomic mass is 10.2. The number of ether oxygens (including phenoxy) is 1. The molecule has 0 fully saturated rings. The van der Waals surface area contributed by atoms with Crippen molar-refractivity contribution in [1.29, 1.82) is 0 Å². The third-order valence-electron chi connectivity index (χ3n) is 2.81. The van der Waals surface area contributed by atoms with E-state index in [1.165, 1.54) is 11.3 Å². The molecule has 0 saturated carbocycles. The summed E-state index contributed by atoms with van der Waals surface area (Å²) in [5.74, 6) is 0. The zero-order chi connectivity index (χ0) is 12.5. The number of pyridine rings is 1. The monoisotopic (exact) mass is 277 g/mol. The Labute approximate surface area is 121 Å². The van der Waals surface area contributed by atoms with Gasteiger partial charge in [-0.3, -0.25) is 4.98 Å². The quantitative estimate of drug-likeness (QED) is 0.713. The number of unbranched alkanes of at least 4 members (excludes halogenated alkanes) is 1. The average molecular weight is 278 g/mol. The lowest BCUT2D eigenvalue weighted by Crippen LogP contribution is -1.97. The van der Waals surface area contributed by atoms with Crippen LogP contribution in [0.1, 0.15) is 24.1 Å². The van der Waals surface area contributed by atoms with Crippen LogP contribution in [0.25, 0.3) is 0 Å². The highest BCUT2D eigenvalue weighted by atomic mass is 35.5. The second-order valence-corrected chi connectivity index (χ2v) is 4.32. The molecule has 3 heteroatoms. The highest BCUT2D eigenvalue weighted by Crippen LogP contribution is 2.04. The van der Waals surface area contributed by atoms with Crippen LogP contribution < -0.4 is 0 Å². The van der Waals surface area contributed by atoms with Crippen molar-refractivity contribution >= 4 is 12.4 Å². The fourth-order valence-electron chi connectivity index (χ4n) is 1.82. The van der Waals surface area contributed by atoms with Crippen LogP contribution in [0.3, 0.4) is 0 Å². The Morgan fingerprint density at radius 2 is 1.68 bits per heavy atom. The van der Waals surface area contributed by atoms with E-state index in [1.54, 1.807) is 0 Å². The molecule has 19 heavy (non-hydrogen) atoms. The molecule has 0 aliphatic heterocycles. The van der Waals surface area contributed by atoms with Gasteiger partial charge in [0.15, 0.2) is 0 Å². The van der Waals surface area contributed by atoms with Crippen LogP contribution in [0.15, 0.2) is 54.7 Å². The van der Waals surface area contributed by atoms with Crippen LogP contribution in [0.2, 0.25) is 0 Å². The number of nitrogens with zero attached hydrogens (tertiary/aromatic N) is 1. The molecule has 0 atom stereocenters. The van der Waals surface area contributed by atoms with Gasteiger partial charge in [0, 0.05) is 18.5 Å². The van der Waals surface area contributed by atoms with E-state index in [0.717, 1.165) is 25.9 Å². The molecule has 2 nitrogen and oxygen atoms in total. The van der Waals surface area contributed by atoms with Gasteiger partial charge in [0.25, 0.3) is 0 Å². The van der Waals surface area contributed by atoms with Crippen LogP contribution >= 0.6 is 12.4 Å². The van der Waals surface area contributed by atoms with E-state index in [9.17, 15) is 0 Å². The minimum absolute atomic E-state index is 0. The minimum Gasteiger partial charge on any atom is -0.377 e. The van der Waals surface area contributed by atoms with Gasteiger partial charge in [-0.05, 0) is 37.0 Å². The van der Waals surface area contributed by atoms with Gasteiger partial charge in [0.05, 0.1) is 6.61 Å². The maximum atomic E-state index is 5.64. The molecule has 0 spiro atoms. The number of hydrogen-bond acceptors (Lipinski definition) is 2. The summed E-state index contributed by atoms with van der Waals surface area (Å²) in [7, 11) is 0. The van der Waals surface area contributed by atoms with E-state index >= 15 is 0 Å². The zero-order valence-corrected chi connectivity index (χ0v) is 11.8. The molecule has 0 amide bonds. The summed E-state index contributed by atoms with van der Waals surface area (Å²) in [4.78, 5) is 4.30. The van der Waals surface area contributed by atoms with Crippen LogP contribution in [0.4, 0.5) is 0 Å². The molecule has 2 aromatic rings. The Bertz CT molecular complexity index is 390. The van der Waals surface area contributed by atoms with Gasteiger partial charge >= 0.3 is 0 Å². The molecule has 102 valence electrons. The molecular weight excluding hydrogens is 258 g/mol. The molecule has 1 aromatic heterocycles. The van der Waals surface area contributed by atoms with Crippen molar-refractivity contribution in [2.45, 2.75) is 25.9 Å². The lowest BCUT2D eigenvalue weighted by molar-refractivity contribution is 0.117. The Morgan fingerprint density at radius 3 is 2.42 bits per heavy atom. The zero-order valence-electron chi connectivity index (χ0n) is 11.0. The first-order valence-electron chi connectivity index (χ1n) is 6.47. The summed E-state index contributed by atoms with van der Waals surface area (Å²) in [5, 5.41) is 0. The third-order valence-corrected chi connectivity index (χ3v) is 2.81. The number of halogens is 1. The Morgan fingerprint density at radius 1 is 0.895 bits per heavy atom. The minimum atomic E-state index is 0. The van der Waals surface area contributed by atoms with Crippen LogP contribution in [0, 0.1) is 0 Å². The molecule has 0 unspecified atom stereocenters. The summed E-state index contributed by atoms with van der Waals surface area (Å²) < 4.78 is 5.64. The number of hydrogen-bond donors (Lipinski definition) is 0. The first-order chi connectivity index (χ1) is 8.95. The topological polar surface area (TPSA) is 22.1 Å². The van der Waals surface area contributed by atoms with Crippen molar-refractivity contribution in [3.63, 3.8) is 0 Å². The van der Waals surface area contributed by atoms with E-state index < -0.39 is 0 Å². The number of rotatable bonds is 7. The summed E-state index contributed by atoms with van der Waals surface area (Å²) >= 11 is 0. The Balaban J connectivity index is 0.00000180. The number of aromatic nitrogens is 1. The summed E-state index contributed by atoms with van der Waals surface area (Å²) in [6, 6.07) is 16.4. The second-order valence-electron chi connectivity index (χ2n) is 4.32. The summed E-state index contributed by atoms with van der Waals surface area (Å²) in [6.07, 6.45) is 5.10. The maximum Gasteiger partial charge on any atom is 0.0716 e. The third kappa shape index (κ3) is 6.37.